The van der Waals surface area contributed by atoms with E-state index in [1.165, 1.54) is 38.5 Å². The average Bonchev–Trinajstić information content (AvgIpc) is 3.44. The van der Waals surface area contributed by atoms with Crippen LogP contribution in [0.3, 0.4) is 0 Å². The second kappa shape index (κ2) is 7.43. The molecular formula is C19H19FN2O4. The Kier molecular flexibility index (Phi) is 5.06. The minimum atomic E-state index is -0.411. The van der Waals surface area contributed by atoms with Gasteiger partial charge in [0.1, 0.15) is 17.3 Å². The van der Waals surface area contributed by atoms with Crippen molar-refractivity contribution in [2.24, 2.45) is 11.8 Å². The van der Waals surface area contributed by atoms with Crippen LogP contribution in [0.1, 0.15) is 6.42 Å². The Morgan fingerprint density at radius 2 is 1.62 bits per heavy atom. The minimum absolute atomic E-state index is 0.254. The molecule has 0 aromatic heterocycles. The second-order valence-corrected chi connectivity index (χ2v) is 6.00. The summed E-state index contributed by atoms with van der Waals surface area (Å²) in [5.41, 5.74) is 0.985. The smallest absolute Gasteiger partial charge is 0.228 e. The topological polar surface area (TPSA) is 76.7 Å². The van der Waals surface area contributed by atoms with Gasteiger partial charge >= 0.3 is 0 Å². The molecule has 2 amide bonds. The van der Waals surface area contributed by atoms with E-state index in [1.807, 2.05) is 0 Å². The van der Waals surface area contributed by atoms with Gasteiger partial charge in [-0.05, 0) is 42.8 Å². The summed E-state index contributed by atoms with van der Waals surface area (Å²) in [5.74, 6) is -0.610. The van der Waals surface area contributed by atoms with Crippen LogP contribution < -0.4 is 20.1 Å². The first kappa shape index (κ1) is 17.7. The van der Waals surface area contributed by atoms with Crippen LogP contribution in [-0.4, -0.2) is 26.0 Å². The van der Waals surface area contributed by atoms with Gasteiger partial charge in [-0.3, -0.25) is 9.59 Å². The van der Waals surface area contributed by atoms with Gasteiger partial charge in [-0.15, -0.1) is 0 Å². The van der Waals surface area contributed by atoms with Crippen LogP contribution in [0.25, 0.3) is 0 Å². The van der Waals surface area contributed by atoms with Gasteiger partial charge in [-0.1, -0.05) is 0 Å². The van der Waals surface area contributed by atoms with Crippen LogP contribution in [0.5, 0.6) is 11.5 Å². The molecule has 1 saturated carbocycles. The highest BCUT2D eigenvalue weighted by Crippen LogP contribution is 2.41. The zero-order valence-corrected chi connectivity index (χ0v) is 14.4. The van der Waals surface area contributed by atoms with Crippen molar-refractivity contribution in [1.82, 2.24) is 0 Å². The monoisotopic (exact) mass is 358 g/mol. The van der Waals surface area contributed by atoms with Gasteiger partial charge in [0.15, 0.2) is 0 Å². The number of amides is 2. The van der Waals surface area contributed by atoms with Crippen LogP contribution >= 0.6 is 0 Å². The van der Waals surface area contributed by atoms with Crippen molar-refractivity contribution in [3.8, 4) is 11.5 Å². The number of halogens is 1. The molecule has 7 heteroatoms. The first-order valence-electron chi connectivity index (χ1n) is 8.11. The first-order chi connectivity index (χ1) is 12.5. The maximum Gasteiger partial charge on any atom is 0.228 e. The van der Waals surface area contributed by atoms with Gasteiger partial charge in [0, 0.05) is 11.8 Å². The van der Waals surface area contributed by atoms with Gasteiger partial charge in [0.2, 0.25) is 11.8 Å². The van der Waals surface area contributed by atoms with Gasteiger partial charge in [-0.25, -0.2) is 4.39 Å². The highest BCUT2D eigenvalue weighted by atomic mass is 19.1. The molecule has 0 saturated heterocycles. The van der Waals surface area contributed by atoms with Gasteiger partial charge in [0.05, 0.1) is 31.7 Å². The molecule has 2 aromatic rings. The Morgan fingerprint density at radius 1 is 0.962 bits per heavy atom. The van der Waals surface area contributed by atoms with E-state index in [-0.39, 0.29) is 17.6 Å². The zero-order valence-electron chi connectivity index (χ0n) is 14.4. The summed E-state index contributed by atoms with van der Waals surface area (Å²) >= 11 is 0. The lowest BCUT2D eigenvalue weighted by molar-refractivity contribution is -0.122. The van der Waals surface area contributed by atoms with Gasteiger partial charge < -0.3 is 20.1 Å². The molecule has 0 bridgehead atoms. The van der Waals surface area contributed by atoms with Crippen LogP contribution in [-0.2, 0) is 9.59 Å². The maximum absolute atomic E-state index is 12.9. The van der Waals surface area contributed by atoms with E-state index in [0.29, 0.717) is 29.3 Å². The Balaban J connectivity index is 1.60. The van der Waals surface area contributed by atoms with Crippen molar-refractivity contribution >= 4 is 23.2 Å². The summed E-state index contributed by atoms with van der Waals surface area (Å²) < 4.78 is 23.3. The minimum Gasteiger partial charge on any atom is -0.497 e. The Labute approximate surface area is 150 Å². The number of methoxy groups -OCH3 is 2. The molecule has 0 spiro atoms. The number of nitrogens with one attached hydrogen (secondary N) is 2. The molecule has 1 aliphatic rings. The molecule has 26 heavy (non-hydrogen) atoms. The highest BCUT2D eigenvalue weighted by Gasteiger charge is 2.48. The quantitative estimate of drug-likeness (QED) is 0.832. The highest BCUT2D eigenvalue weighted by molar-refractivity contribution is 6.03. The van der Waals surface area contributed by atoms with Crippen molar-refractivity contribution < 1.29 is 23.5 Å². The molecule has 2 aromatic carbocycles. The fraction of sp³-hybridized carbons (Fsp3) is 0.263. The first-order valence-corrected chi connectivity index (χ1v) is 8.11. The van der Waals surface area contributed by atoms with E-state index in [0.717, 1.165) is 0 Å². The Hall–Kier alpha value is -3.09. The van der Waals surface area contributed by atoms with Gasteiger partial charge in [0.25, 0.3) is 0 Å². The van der Waals surface area contributed by atoms with Crippen molar-refractivity contribution in [3.63, 3.8) is 0 Å². The Bertz CT molecular complexity index is 823. The normalized spacial score (nSPS) is 18.0. The molecule has 2 N–H and O–H groups in total. The number of hydrogen-bond donors (Lipinski definition) is 2. The van der Waals surface area contributed by atoms with Crippen LogP contribution in [0, 0.1) is 17.7 Å². The SMILES string of the molecule is COc1ccc(OC)c(NC(=O)C2CC2C(=O)Nc2ccc(F)cc2)c1. The number of benzene rings is 2. The average molecular weight is 358 g/mol. The lowest BCUT2D eigenvalue weighted by Crippen LogP contribution is -2.20. The third-order valence-corrected chi connectivity index (χ3v) is 4.24. The summed E-state index contributed by atoms with van der Waals surface area (Å²) in [6.45, 7) is 0. The van der Waals surface area contributed by atoms with Gasteiger partial charge in [-0.2, -0.15) is 0 Å². The molecule has 3 rings (SSSR count). The molecule has 0 heterocycles. The fourth-order valence-electron chi connectivity index (χ4n) is 2.68. The second-order valence-electron chi connectivity index (χ2n) is 6.00. The molecule has 0 aliphatic heterocycles. The maximum atomic E-state index is 12.9. The molecule has 1 fully saturated rings. The number of anilines is 2. The van der Waals surface area contributed by atoms with E-state index in [9.17, 15) is 14.0 Å². The molecule has 2 atom stereocenters. The lowest BCUT2D eigenvalue weighted by atomic mass is 10.2. The Morgan fingerprint density at radius 3 is 2.23 bits per heavy atom. The van der Waals surface area contributed by atoms with Crippen LogP contribution in [0.15, 0.2) is 42.5 Å². The molecule has 0 radical (unpaired) electrons. The van der Waals surface area contributed by atoms with E-state index >= 15 is 0 Å². The summed E-state index contributed by atoms with van der Waals surface area (Å²) in [6.07, 6.45) is 0.463. The standard InChI is InChI=1S/C19H19FN2O4/c1-25-13-7-8-17(26-2)16(9-13)22-19(24)15-10-14(15)18(23)21-12-5-3-11(20)4-6-12/h3-9,14-15H,10H2,1-2H3,(H,21,23)(H,22,24). The number of hydrogen-bond acceptors (Lipinski definition) is 4. The largest absolute Gasteiger partial charge is 0.497 e. The number of rotatable bonds is 6. The van der Waals surface area contributed by atoms with E-state index < -0.39 is 11.8 Å². The number of carbonyl (C=O) groups excluding carboxylic acids is 2. The van der Waals surface area contributed by atoms with Crippen molar-refractivity contribution in [1.29, 1.82) is 0 Å². The zero-order chi connectivity index (χ0) is 18.7. The van der Waals surface area contributed by atoms with E-state index in [2.05, 4.69) is 10.6 Å². The molecular weight excluding hydrogens is 339 g/mol. The van der Waals surface area contributed by atoms with E-state index in [4.69, 9.17) is 9.47 Å². The summed E-state index contributed by atoms with van der Waals surface area (Å²) in [4.78, 5) is 24.6. The van der Waals surface area contributed by atoms with Crippen molar-refractivity contribution in [2.75, 3.05) is 24.9 Å². The van der Waals surface area contributed by atoms with Crippen LogP contribution in [0.4, 0.5) is 15.8 Å². The third-order valence-electron chi connectivity index (χ3n) is 4.24. The lowest BCUT2D eigenvalue weighted by Gasteiger charge is -2.11. The predicted octanol–water partition coefficient (Wildman–Crippen LogP) is 3.06. The summed E-state index contributed by atoms with van der Waals surface area (Å²) in [6, 6.07) is 10.6. The molecule has 6 nitrogen and oxygen atoms in total. The summed E-state index contributed by atoms with van der Waals surface area (Å²) in [7, 11) is 3.04. The number of carbonyl (C=O) groups is 2. The van der Waals surface area contributed by atoms with Crippen LogP contribution in [0.2, 0.25) is 0 Å². The van der Waals surface area contributed by atoms with Crippen molar-refractivity contribution in [2.45, 2.75) is 6.42 Å². The molecule has 2 unspecified atom stereocenters. The van der Waals surface area contributed by atoms with Crippen molar-refractivity contribution in [3.05, 3.63) is 48.3 Å². The van der Waals surface area contributed by atoms with E-state index in [1.54, 1.807) is 18.2 Å². The summed E-state index contributed by atoms with van der Waals surface area (Å²) in [5, 5.41) is 5.47. The number of ether oxygens (including phenoxy) is 2. The fourth-order valence-corrected chi connectivity index (χ4v) is 2.68. The predicted molar refractivity (Wildman–Crippen MR) is 94.8 cm³/mol. The molecule has 1 aliphatic carbocycles. The third kappa shape index (κ3) is 3.93. The molecule has 136 valence electrons.